The SMILES string of the molecule is CCCCCN1CCNC(C)C1=O. The van der Waals surface area contributed by atoms with Crippen LogP contribution >= 0.6 is 0 Å². The number of unbranched alkanes of at least 4 members (excludes halogenated alkanes) is 2. The first-order valence-corrected chi connectivity index (χ1v) is 5.28. The van der Waals surface area contributed by atoms with Crippen LogP contribution in [0.5, 0.6) is 0 Å². The quantitative estimate of drug-likeness (QED) is 0.661. The van der Waals surface area contributed by atoms with Gasteiger partial charge in [0.1, 0.15) is 0 Å². The Morgan fingerprint density at radius 3 is 3.00 bits per heavy atom. The Morgan fingerprint density at radius 2 is 2.31 bits per heavy atom. The van der Waals surface area contributed by atoms with Gasteiger partial charge < -0.3 is 10.2 Å². The standard InChI is InChI=1S/C10H20N2O/c1-3-4-5-7-12-8-6-11-9(2)10(12)13/h9,11H,3-8H2,1-2H3. The average molecular weight is 184 g/mol. The molecule has 0 saturated carbocycles. The van der Waals surface area contributed by atoms with Crippen molar-refractivity contribution in [2.24, 2.45) is 0 Å². The molecule has 1 N–H and O–H groups in total. The van der Waals surface area contributed by atoms with Crippen LogP contribution in [0.3, 0.4) is 0 Å². The lowest BCUT2D eigenvalue weighted by Crippen LogP contribution is -2.53. The maximum Gasteiger partial charge on any atom is 0.239 e. The maximum atomic E-state index is 11.6. The number of nitrogens with zero attached hydrogens (tertiary/aromatic N) is 1. The summed E-state index contributed by atoms with van der Waals surface area (Å²) >= 11 is 0. The van der Waals surface area contributed by atoms with E-state index in [4.69, 9.17) is 0 Å². The van der Waals surface area contributed by atoms with Crippen molar-refractivity contribution >= 4 is 5.91 Å². The first-order valence-electron chi connectivity index (χ1n) is 5.28. The van der Waals surface area contributed by atoms with E-state index in [2.05, 4.69) is 12.2 Å². The molecule has 3 heteroatoms. The Bertz CT molecular complexity index is 170. The lowest BCUT2D eigenvalue weighted by atomic mass is 10.2. The molecule has 1 amide bonds. The molecule has 13 heavy (non-hydrogen) atoms. The second-order valence-corrected chi connectivity index (χ2v) is 3.71. The van der Waals surface area contributed by atoms with Crippen molar-refractivity contribution in [1.82, 2.24) is 10.2 Å². The van der Waals surface area contributed by atoms with Gasteiger partial charge in [0, 0.05) is 19.6 Å². The predicted octanol–water partition coefficient (Wildman–Crippen LogP) is 0.997. The van der Waals surface area contributed by atoms with Crippen LogP contribution in [-0.2, 0) is 4.79 Å². The highest BCUT2D eigenvalue weighted by Crippen LogP contribution is 2.04. The number of carbonyl (C=O) groups excluding carboxylic acids is 1. The third-order valence-corrected chi connectivity index (χ3v) is 2.55. The van der Waals surface area contributed by atoms with Gasteiger partial charge in [-0.15, -0.1) is 0 Å². The summed E-state index contributed by atoms with van der Waals surface area (Å²) in [7, 11) is 0. The summed E-state index contributed by atoms with van der Waals surface area (Å²) in [6.45, 7) is 6.89. The molecule has 0 aliphatic carbocycles. The van der Waals surface area contributed by atoms with Crippen molar-refractivity contribution in [3.8, 4) is 0 Å². The van der Waals surface area contributed by atoms with E-state index in [1.807, 2.05) is 11.8 Å². The first-order chi connectivity index (χ1) is 6.25. The number of hydrogen-bond donors (Lipinski definition) is 1. The normalized spacial score (nSPS) is 23.7. The number of amides is 1. The molecule has 1 fully saturated rings. The van der Waals surface area contributed by atoms with E-state index in [9.17, 15) is 4.79 Å². The molecular weight excluding hydrogens is 164 g/mol. The molecule has 0 aromatic heterocycles. The van der Waals surface area contributed by atoms with Gasteiger partial charge in [0.15, 0.2) is 0 Å². The number of rotatable bonds is 4. The number of hydrogen-bond acceptors (Lipinski definition) is 2. The molecule has 1 aliphatic heterocycles. The van der Waals surface area contributed by atoms with Gasteiger partial charge in [0.25, 0.3) is 0 Å². The van der Waals surface area contributed by atoms with Gasteiger partial charge in [-0.25, -0.2) is 0 Å². The molecule has 0 spiro atoms. The molecule has 3 nitrogen and oxygen atoms in total. The molecule has 0 radical (unpaired) electrons. The highest BCUT2D eigenvalue weighted by atomic mass is 16.2. The van der Waals surface area contributed by atoms with E-state index in [0.717, 1.165) is 26.1 Å². The molecule has 1 aliphatic rings. The van der Waals surface area contributed by atoms with Crippen LogP contribution in [0.15, 0.2) is 0 Å². The molecule has 0 bridgehead atoms. The van der Waals surface area contributed by atoms with E-state index in [1.165, 1.54) is 12.8 Å². The van der Waals surface area contributed by atoms with Gasteiger partial charge in [-0.2, -0.15) is 0 Å². The Balaban J connectivity index is 2.27. The van der Waals surface area contributed by atoms with Crippen LogP contribution in [0.4, 0.5) is 0 Å². The average Bonchev–Trinajstić information content (AvgIpc) is 2.13. The summed E-state index contributed by atoms with van der Waals surface area (Å²) < 4.78 is 0. The summed E-state index contributed by atoms with van der Waals surface area (Å²) in [4.78, 5) is 13.6. The number of nitrogens with one attached hydrogen (secondary N) is 1. The third-order valence-electron chi connectivity index (χ3n) is 2.55. The van der Waals surface area contributed by atoms with E-state index in [0.29, 0.717) is 0 Å². The molecule has 0 aromatic carbocycles. The minimum atomic E-state index is 0.0235. The fraction of sp³-hybridized carbons (Fsp3) is 0.900. The molecular formula is C10H20N2O. The summed E-state index contributed by atoms with van der Waals surface area (Å²) in [6, 6.07) is 0.0235. The number of piperazine rings is 1. The lowest BCUT2D eigenvalue weighted by Gasteiger charge is -2.31. The van der Waals surface area contributed by atoms with Crippen molar-refractivity contribution < 1.29 is 4.79 Å². The monoisotopic (exact) mass is 184 g/mol. The second kappa shape index (κ2) is 5.22. The zero-order valence-electron chi connectivity index (χ0n) is 8.68. The van der Waals surface area contributed by atoms with E-state index in [-0.39, 0.29) is 11.9 Å². The Kier molecular flexibility index (Phi) is 4.22. The van der Waals surface area contributed by atoms with Crippen LogP contribution in [0, 0.1) is 0 Å². The van der Waals surface area contributed by atoms with E-state index >= 15 is 0 Å². The Labute approximate surface area is 80.5 Å². The van der Waals surface area contributed by atoms with Gasteiger partial charge in [0.05, 0.1) is 6.04 Å². The van der Waals surface area contributed by atoms with Crippen LogP contribution in [0.25, 0.3) is 0 Å². The predicted molar refractivity (Wildman–Crippen MR) is 53.6 cm³/mol. The van der Waals surface area contributed by atoms with Crippen LogP contribution in [0.1, 0.15) is 33.1 Å². The van der Waals surface area contributed by atoms with E-state index in [1.54, 1.807) is 0 Å². The van der Waals surface area contributed by atoms with Gasteiger partial charge in [0.2, 0.25) is 5.91 Å². The maximum absolute atomic E-state index is 11.6. The molecule has 1 heterocycles. The molecule has 1 saturated heterocycles. The summed E-state index contributed by atoms with van der Waals surface area (Å²) in [5.41, 5.74) is 0. The topological polar surface area (TPSA) is 32.3 Å². The highest BCUT2D eigenvalue weighted by molar-refractivity contribution is 5.82. The number of carbonyl (C=O) groups is 1. The molecule has 1 unspecified atom stereocenters. The van der Waals surface area contributed by atoms with Crippen LogP contribution < -0.4 is 5.32 Å². The zero-order valence-corrected chi connectivity index (χ0v) is 8.68. The molecule has 1 atom stereocenters. The van der Waals surface area contributed by atoms with Crippen molar-refractivity contribution in [3.63, 3.8) is 0 Å². The fourth-order valence-corrected chi connectivity index (χ4v) is 1.66. The smallest absolute Gasteiger partial charge is 0.239 e. The second-order valence-electron chi connectivity index (χ2n) is 3.71. The molecule has 1 rings (SSSR count). The van der Waals surface area contributed by atoms with Gasteiger partial charge >= 0.3 is 0 Å². The summed E-state index contributed by atoms with van der Waals surface area (Å²) in [5.74, 6) is 0.266. The van der Waals surface area contributed by atoms with Gasteiger partial charge in [-0.1, -0.05) is 19.8 Å². The van der Waals surface area contributed by atoms with Gasteiger partial charge in [-0.05, 0) is 13.3 Å². The van der Waals surface area contributed by atoms with Crippen LogP contribution in [-0.4, -0.2) is 36.5 Å². The summed E-state index contributed by atoms with van der Waals surface area (Å²) in [6.07, 6.45) is 3.59. The van der Waals surface area contributed by atoms with Gasteiger partial charge in [-0.3, -0.25) is 4.79 Å². The highest BCUT2D eigenvalue weighted by Gasteiger charge is 2.23. The van der Waals surface area contributed by atoms with Crippen molar-refractivity contribution in [2.45, 2.75) is 39.2 Å². The molecule has 76 valence electrons. The van der Waals surface area contributed by atoms with Crippen LogP contribution in [0.2, 0.25) is 0 Å². The summed E-state index contributed by atoms with van der Waals surface area (Å²) in [5, 5.41) is 3.16. The van der Waals surface area contributed by atoms with E-state index < -0.39 is 0 Å². The first kappa shape index (κ1) is 10.5. The third kappa shape index (κ3) is 2.99. The Hall–Kier alpha value is -0.570. The fourth-order valence-electron chi connectivity index (χ4n) is 1.66. The molecule has 0 aromatic rings. The largest absolute Gasteiger partial charge is 0.340 e. The van der Waals surface area contributed by atoms with Crippen molar-refractivity contribution in [3.05, 3.63) is 0 Å². The minimum Gasteiger partial charge on any atom is -0.340 e. The van der Waals surface area contributed by atoms with Crippen molar-refractivity contribution in [1.29, 1.82) is 0 Å². The Morgan fingerprint density at radius 1 is 1.54 bits per heavy atom. The zero-order chi connectivity index (χ0) is 9.68. The lowest BCUT2D eigenvalue weighted by molar-refractivity contribution is -0.135. The van der Waals surface area contributed by atoms with Crippen molar-refractivity contribution in [2.75, 3.05) is 19.6 Å². The minimum absolute atomic E-state index is 0.0235.